The van der Waals surface area contributed by atoms with Gasteiger partial charge in [0.15, 0.2) is 0 Å². The Morgan fingerprint density at radius 1 is 1.24 bits per heavy atom. The first-order chi connectivity index (χ1) is 9.93. The summed E-state index contributed by atoms with van der Waals surface area (Å²) in [5.41, 5.74) is 2.22. The van der Waals surface area contributed by atoms with Gasteiger partial charge in [-0.3, -0.25) is 9.59 Å². The van der Waals surface area contributed by atoms with Gasteiger partial charge in [0.1, 0.15) is 6.54 Å². The Morgan fingerprint density at radius 3 is 2.38 bits per heavy atom. The molecule has 0 heterocycles. The van der Waals surface area contributed by atoms with E-state index in [0.29, 0.717) is 12.5 Å². The molecule has 1 amide bonds. The maximum atomic E-state index is 11.9. The largest absolute Gasteiger partial charge is 0.465 e. The SMILES string of the molecule is CCOC(=O)CN(C)C(=O)C=Cc1ccc(C(C)C)cc1. The lowest BCUT2D eigenvalue weighted by Gasteiger charge is -2.13. The predicted molar refractivity (Wildman–Crippen MR) is 83.8 cm³/mol. The van der Waals surface area contributed by atoms with Gasteiger partial charge in [-0.1, -0.05) is 38.1 Å². The summed E-state index contributed by atoms with van der Waals surface area (Å²) >= 11 is 0. The van der Waals surface area contributed by atoms with Crippen LogP contribution < -0.4 is 0 Å². The molecule has 1 aromatic carbocycles. The van der Waals surface area contributed by atoms with E-state index >= 15 is 0 Å². The van der Waals surface area contributed by atoms with Crippen molar-refractivity contribution in [3.05, 3.63) is 41.5 Å². The lowest BCUT2D eigenvalue weighted by Crippen LogP contribution is -2.31. The molecular formula is C17H23NO3. The lowest BCUT2D eigenvalue weighted by atomic mass is 10.0. The van der Waals surface area contributed by atoms with Gasteiger partial charge in [0.2, 0.25) is 5.91 Å². The van der Waals surface area contributed by atoms with Crippen molar-refractivity contribution in [1.82, 2.24) is 4.90 Å². The number of ether oxygens (including phenoxy) is 1. The molecule has 0 fully saturated rings. The highest BCUT2D eigenvalue weighted by Gasteiger charge is 2.10. The van der Waals surface area contributed by atoms with Gasteiger partial charge in [0.25, 0.3) is 0 Å². The van der Waals surface area contributed by atoms with Crippen molar-refractivity contribution in [3.63, 3.8) is 0 Å². The predicted octanol–water partition coefficient (Wildman–Crippen LogP) is 2.84. The molecule has 0 N–H and O–H groups in total. The molecule has 4 nitrogen and oxygen atoms in total. The van der Waals surface area contributed by atoms with E-state index in [4.69, 9.17) is 4.74 Å². The number of likely N-dealkylation sites (N-methyl/N-ethyl adjacent to an activating group) is 1. The van der Waals surface area contributed by atoms with Crippen molar-refractivity contribution in [1.29, 1.82) is 0 Å². The van der Waals surface area contributed by atoms with E-state index in [1.54, 1.807) is 20.0 Å². The Labute approximate surface area is 126 Å². The van der Waals surface area contributed by atoms with Crippen LogP contribution in [0.4, 0.5) is 0 Å². The molecule has 21 heavy (non-hydrogen) atoms. The van der Waals surface area contributed by atoms with E-state index in [-0.39, 0.29) is 12.5 Å². The fraction of sp³-hybridized carbons (Fsp3) is 0.412. The first kappa shape index (κ1) is 17.0. The molecule has 1 aromatic rings. The number of hydrogen-bond acceptors (Lipinski definition) is 3. The lowest BCUT2D eigenvalue weighted by molar-refractivity contribution is -0.146. The molecule has 0 aliphatic heterocycles. The van der Waals surface area contributed by atoms with Crippen LogP contribution in [0, 0.1) is 0 Å². The van der Waals surface area contributed by atoms with Crippen molar-refractivity contribution in [2.45, 2.75) is 26.7 Å². The molecule has 0 spiro atoms. The minimum absolute atomic E-state index is 0.0384. The fourth-order valence-electron chi connectivity index (χ4n) is 1.76. The average Bonchev–Trinajstić information content (AvgIpc) is 2.45. The molecular weight excluding hydrogens is 266 g/mol. The number of esters is 1. The summed E-state index contributed by atoms with van der Waals surface area (Å²) in [5.74, 6) is -0.139. The number of rotatable bonds is 6. The Hall–Kier alpha value is -2.10. The van der Waals surface area contributed by atoms with Crippen LogP contribution in [0.25, 0.3) is 6.08 Å². The highest BCUT2D eigenvalue weighted by atomic mass is 16.5. The number of carbonyl (C=O) groups excluding carboxylic acids is 2. The van der Waals surface area contributed by atoms with E-state index < -0.39 is 5.97 Å². The molecule has 1 rings (SSSR count). The summed E-state index contributed by atoms with van der Waals surface area (Å²) in [4.78, 5) is 24.5. The van der Waals surface area contributed by atoms with Crippen LogP contribution in [0.3, 0.4) is 0 Å². The van der Waals surface area contributed by atoms with E-state index in [1.807, 2.05) is 12.1 Å². The van der Waals surface area contributed by atoms with Crippen LogP contribution >= 0.6 is 0 Å². The monoisotopic (exact) mass is 289 g/mol. The minimum Gasteiger partial charge on any atom is -0.465 e. The van der Waals surface area contributed by atoms with Crippen LogP contribution in [-0.2, 0) is 14.3 Å². The molecule has 0 aromatic heterocycles. The van der Waals surface area contributed by atoms with E-state index in [2.05, 4.69) is 26.0 Å². The van der Waals surface area contributed by atoms with E-state index in [0.717, 1.165) is 5.56 Å². The summed E-state index contributed by atoms with van der Waals surface area (Å²) in [6.45, 7) is 6.29. The third kappa shape index (κ3) is 5.81. The third-order valence-corrected chi connectivity index (χ3v) is 3.07. The van der Waals surface area contributed by atoms with Crippen molar-refractivity contribution >= 4 is 18.0 Å². The number of benzene rings is 1. The summed E-state index contributed by atoms with van der Waals surface area (Å²) in [5, 5.41) is 0. The normalized spacial score (nSPS) is 10.9. The Kier molecular flexibility index (Phi) is 6.66. The summed E-state index contributed by atoms with van der Waals surface area (Å²) < 4.78 is 4.80. The maximum Gasteiger partial charge on any atom is 0.325 e. The molecule has 0 saturated carbocycles. The van der Waals surface area contributed by atoms with Gasteiger partial charge >= 0.3 is 5.97 Å². The van der Waals surface area contributed by atoms with Gasteiger partial charge in [0, 0.05) is 13.1 Å². The van der Waals surface area contributed by atoms with Crippen molar-refractivity contribution in [2.75, 3.05) is 20.2 Å². The van der Waals surface area contributed by atoms with Crippen LogP contribution in [0.15, 0.2) is 30.3 Å². The fourth-order valence-corrected chi connectivity index (χ4v) is 1.76. The van der Waals surface area contributed by atoms with Gasteiger partial charge in [-0.2, -0.15) is 0 Å². The maximum absolute atomic E-state index is 11.9. The summed E-state index contributed by atoms with van der Waals surface area (Å²) in [6.07, 6.45) is 3.21. The van der Waals surface area contributed by atoms with E-state index in [1.165, 1.54) is 16.5 Å². The Balaban J connectivity index is 2.58. The highest BCUT2D eigenvalue weighted by molar-refractivity contribution is 5.93. The second-order valence-corrected chi connectivity index (χ2v) is 5.15. The highest BCUT2D eigenvalue weighted by Crippen LogP contribution is 2.15. The zero-order valence-corrected chi connectivity index (χ0v) is 13.1. The molecule has 0 radical (unpaired) electrons. The minimum atomic E-state index is -0.400. The van der Waals surface area contributed by atoms with Crippen LogP contribution in [0.5, 0.6) is 0 Å². The quantitative estimate of drug-likeness (QED) is 0.597. The van der Waals surface area contributed by atoms with Gasteiger partial charge in [-0.15, -0.1) is 0 Å². The Morgan fingerprint density at radius 2 is 1.86 bits per heavy atom. The van der Waals surface area contributed by atoms with Crippen LogP contribution in [0.1, 0.15) is 37.8 Å². The second-order valence-electron chi connectivity index (χ2n) is 5.15. The first-order valence-electron chi connectivity index (χ1n) is 7.12. The van der Waals surface area contributed by atoms with Crippen LogP contribution in [-0.4, -0.2) is 37.0 Å². The molecule has 0 aliphatic carbocycles. The van der Waals surface area contributed by atoms with Crippen LogP contribution in [0.2, 0.25) is 0 Å². The average molecular weight is 289 g/mol. The zero-order chi connectivity index (χ0) is 15.8. The van der Waals surface area contributed by atoms with Crippen molar-refractivity contribution in [3.8, 4) is 0 Å². The number of carbonyl (C=O) groups is 2. The van der Waals surface area contributed by atoms with Gasteiger partial charge in [-0.25, -0.2) is 0 Å². The van der Waals surface area contributed by atoms with Gasteiger partial charge in [-0.05, 0) is 30.0 Å². The molecule has 0 saturated heterocycles. The number of hydrogen-bond donors (Lipinski definition) is 0. The molecule has 0 bridgehead atoms. The van der Waals surface area contributed by atoms with E-state index in [9.17, 15) is 9.59 Å². The zero-order valence-electron chi connectivity index (χ0n) is 13.1. The van der Waals surface area contributed by atoms with Gasteiger partial charge in [0.05, 0.1) is 6.61 Å². The van der Waals surface area contributed by atoms with Gasteiger partial charge < -0.3 is 9.64 Å². The van der Waals surface area contributed by atoms with Crippen molar-refractivity contribution in [2.24, 2.45) is 0 Å². The summed E-state index contributed by atoms with van der Waals surface area (Å²) in [6, 6.07) is 8.06. The molecule has 114 valence electrons. The first-order valence-corrected chi connectivity index (χ1v) is 7.12. The topological polar surface area (TPSA) is 46.6 Å². The smallest absolute Gasteiger partial charge is 0.325 e. The third-order valence-electron chi connectivity index (χ3n) is 3.07. The molecule has 4 heteroatoms. The standard InChI is InChI=1S/C17H23NO3/c1-5-21-17(20)12-18(4)16(19)11-8-14-6-9-15(10-7-14)13(2)3/h6-11,13H,5,12H2,1-4H3. The molecule has 0 atom stereocenters. The number of nitrogens with zero attached hydrogens (tertiary/aromatic N) is 1. The van der Waals surface area contributed by atoms with Crippen molar-refractivity contribution < 1.29 is 14.3 Å². The summed E-state index contributed by atoms with van der Waals surface area (Å²) in [7, 11) is 1.57. The number of amides is 1. The molecule has 0 unspecified atom stereocenters. The Bertz CT molecular complexity index is 503. The molecule has 0 aliphatic rings. The second kappa shape index (κ2) is 8.25.